The molecule has 8 nitrogen and oxygen atoms in total. The van der Waals surface area contributed by atoms with Crippen molar-refractivity contribution in [3.05, 3.63) is 93.3 Å². The van der Waals surface area contributed by atoms with Crippen molar-refractivity contribution in [3.8, 4) is 0 Å². The molecule has 0 amide bonds. The molecule has 2 aromatic heterocycles. The summed E-state index contributed by atoms with van der Waals surface area (Å²) in [5.41, 5.74) is 1.23. The first-order chi connectivity index (χ1) is 15.8. The molecule has 4 rings (SSSR count). The molecule has 1 aliphatic heterocycles. The van der Waals surface area contributed by atoms with Crippen LogP contribution < -0.4 is 14.9 Å². The molecule has 1 atom stereocenters. The first kappa shape index (κ1) is 22.8. The third-order valence-electron chi connectivity index (χ3n) is 5.00. The number of hydrogen-bond acceptors (Lipinski definition) is 8. The highest BCUT2D eigenvalue weighted by Gasteiger charge is 2.34. The number of non-ortho nitro benzene ring substituents is 1. The van der Waals surface area contributed by atoms with E-state index in [1.807, 2.05) is 31.4 Å². The van der Waals surface area contributed by atoms with Crippen LogP contribution >= 0.6 is 22.7 Å². The zero-order valence-corrected chi connectivity index (χ0v) is 19.8. The molecule has 0 saturated carbocycles. The lowest BCUT2D eigenvalue weighted by Gasteiger charge is -2.23. The predicted octanol–water partition coefficient (Wildman–Crippen LogP) is 3.40. The average Bonchev–Trinajstić information content (AvgIpc) is 3.40. The van der Waals surface area contributed by atoms with Crippen LogP contribution in [0.3, 0.4) is 0 Å². The van der Waals surface area contributed by atoms with Gasteiger partial charge in [-0.3, -0.25) is 19.5 Å². The minimum absolute atomic E-state index is 0.0218. The third kappa shape index (κ3) is 4.57. The van der Waals surface area contributed by atoms with E-state index in [1.54, 1.807) is 25.1 Å². The number of aromatic nitrogens is 1. The Morgan fingerprint density at radius 3 is 2.64 bits per heavy atom. The highest BCUT2D eigenvalue weighted by molar-refractivity contribution is 7.10. The molecule has 33 heavy (non-hydrogen) atoms. The van der Waals surface area contributed by atoms with Gasteiger partial charge < -0.3 is 4.74 Å². The van der Waals surface area contributed by atoms with E-state index in [2.05, 4.69) is 4.99 Å². The number of thiazole rings is 1. The van der Waals surface area contributed by atoms with E-state index in [4.69, 9.17) is 4.74 Å². The van der Waals surface area contributed by atoms with Gasteiger partial charge in [-0.15, -0.1) is 11.3 Å². The smallest absolute Gasteiger partial charge is 0.338 e. The van der Waals surface area contributed by atoms with E-state index in [0.29, 0.717) is 26.2 Å². The Kier molecular flexibility index (Phi) is 6.39. The first-order valence-corrected chi connectivity index (χ1v) is 11.9. The van der Waals surface area contributed by atoms with Crippen molar-refractivity contribution in [2.75, 3.05) is 6.61 Å². The molecular formula is C23H21N3O5S2. The number of allylic oxidation sites excluding steroid dienone is 1. The maximum atomic E-state index is 13.4. The van der Waals surface area contributed by atoms with Gasteiger partial charge in [-0.05, 0) is 48.1 Å². The molecule has 1 aliphatic rings. The molecule has 0 spiro atoms. The number of nitrogens with zero attached hydrogens (tertiary/aromatic N) is 3. The number of carbonyl (C=O) groups is 1. The molecular weight excluding hydrogens is 462 g/mol. The van der Waals surface area contributed by atoms with E-state index in [1.165, 1.54) is 39.4 Å². The van der Waals surface area contributed by atoms with Crippen LogP contribution in [0.2, 0.25) is 0 Å². The molecule has 0 N–H and O–H groups in total. The van der Waals surface area contributed by atoms with Gasteiger partial charge in [-0.2, -0.15) is 0 Å². The van der Waals surface area contributed by atoms with Crippen molar-refractivity contribution in [3.63, 3.8) is 0 Å². The van der Waals surface area contributed by atoms with Gasteiger partial charge in [-0.25, -0.2) is 9.79 Å². The Labute approximate surface area is 197 Å². The van der Waals surface area contributed by atoms with Gasteiger partial charge in [0.2, 0.25) is 0 Å². The molecule has 170 valence electrons. The number of nitro benzene ring substituents is 1. The number of fused-ring (bicyclic) bond motifs is 1. The highest BCUT2D eigenvalue weighted by atomic mass is 32.1. The van der Waals surface area contributed by atoms with Crippen LogP contribution in [-0.2, 0) is 9.53 Å². The largest absolute Gasteiger partial charge is 0.462 e. The number of nitro groups is 1. The van der Waals surface area contributed by atoms with E-state index in [0.717, 1.165) is 4.88 Å². The number of hydrogen-bond donors (Lipinski definition) is 0. The lowest BCUT2D eigenvalue weighted by molar-refractivity contribution is -0.384. The summed E-state index contributed by atoms with van der Waals surface area (Å²) < 4.78 is 7.46. The standard InChI is InChI=1S/C23H21N3O5S2/c1-13(2)12-31-22(28)19-14(3)24-23-25(20(19)17-5-4-10-32-17)21(27)18(33-23)11-15-6-8-16(9-7-15)26(29)30/h4-11,13,20H,12H2,1-3H3/b18-11+/t20-/m1/s1. The van der Waals surface area contributed by atoms with Gasteiger partial charge in [0.05, 0.1) is 27.3 Å². The van der Waals surface area contributed by atoms with E-state index in [9.17, 15) is 19.7 Å². The Balaban J connectivity index is 1.83. The Bertz CT molecular complexity index is 1410. The molecule has 3 aromatic rings. The van der Waals surface area contributed by atoms with Gasteiger partial charge in [0.1, 0.15) is 6.04 Å². The molecule has 0 bridgehead atoms. The summed E-state index contributed by atoms with van der Waals surface area (Å²) in [7, 11) is 0. The maximum absolute atomic E-state index is 13.4. The fourth-order valence-electron chi connectivity index (χ4n) is 3.46. The number of benzene rings is 1. The highest BCUT2D eigenvalue weighted by Crippen LogP contribution is 2.33. The monoisotopic (exact) mass is 483 g/mol. The van der Waals surface area contributed by atoms with Gasteiger partial charge in [0, 0.05) is 17.0 Å². The fourth-order valence-corrected chi connectivity index (χ4v) is 5.33. The van der Waals surface area contributed by atoms with Gasteiger partial charge >= 0.3 is 5.97 Å². The summed E-state index contributed by atoms with van der Waals surface area (Å²) in [5.74, 6) is -0.300. The van der Waals surface area contributed by atoms with Crippen LogP contribution in [0.15, 0.2) is 62.8 Å². The van der Waals surface area contributed by atoms with Crippen LogP contribution in [0.5, 0.6) is 0 Å². The lowest BCUT2D eigenvalue weighted by atomic mass is 10.0. The Hall–Kier alpha value is -3.37. The summed E-state index contributed by atoms with van der Waals surface area (Å²) in [6.45, 7) is 5.94. The SMILES string of the molecule is CC1=C(C(=O)OCC(C)C)[C@@H](c2cccs2)n2c(s/c(=C/c3ccc([N+](=O)[O-])cc3)c2=O)=N1. The topological polar surface area (TPSA) is 104 Å². The van der Waals surface area contributed by atoms with Crippen molar-refractivity contribution in [1.82, 2.24) is 4.57 Å². The number of rotatable bonds is 6. The quantitative estimate of drug-likeness (QED) is 0.304. The number of carbonyl (C=O) groups excluding carboxylic acids is 1. The molecule has 10 heteroatoms. The second-order valence-corrected chi connectivity index (χ2v) is 9.93. The molecule has 0 fully saturated rings. The zero-order valence-electron chi connectivity index (χ0n) is 18.2. The van der Waals surface area contributed by atoms with Crippen molar-refractivity contribution in [2.24, 2.45) is 10.9 Å². The molecule has 3 heterocycles. The first-order valence-electron chi connectivity index (χ1n) is 10.2. The second-order valence-electron chi connectivity index (χ2n) is 7.94. The molecule has 0 saturated heterocycles. The molecule has 0 aliphatic carbocycles. The second kappa shape index (κ2) is 9.24. The lowest BCUT2D eigenvalue weighted by Crippen LogP contribution is -2.39. The van der Waals surface area contributed by atoms with Crippen molar-refractivity contribution in [2.45, 2.75) is 26.8 Å². The van der Waals surface area contributed by atoms with Crippen LogP contribution in [0.4, 0.5) is 5.69 Å². The van der Waals surface area contributed by atoms with Gasteiger partial charge in [-0.1, -0.05) is 31.3 Å². The zero-order chi connectivity index (χ0) is 23.7. The van der Waals surface area contributed by atoms with Crippen LogP contribution in [0.1, 0.15) is 37.3 Å². The summed E-state index contributed by atoms with van der Waals surface area (Å²) in [4.78, 5) is 42.8. The van der Waals surface area contributed by atoms with Crippen molar-refractivity contribution < 1.29 is 14.5 Å². The summed E-state index contributed by atoms with van der Waals surface area (Å²) in [5, 5.41) is 12.8. The Morgan fingerprint density at radius 2 is 2.03 bits per heavy atom. The predicted molar refractivity (Wildman–Crippen MR) is 127 cm³/mol. The van der Waals surface area contributed by atoms with Gasteiger partial charge in [0.15, 0.2) is 4.80 Å². The van der Waals surface area contributed by atoms with Gasteiger partial charge in [0.25, 0.3) is 11.2 Å². The summed E-state index contributed by atoms with van der Waals surface area (Å²) in [6, 6.07) is 9.10. The van der Waals surface area contributed by atoms with Crippen LogP contribution in [0.25, 0.3) is 6.08 Å². The Morgan fingerprint density at radius 1 is 1.30 bits per heavy atom. The number of ether oxygens (including phenoxy) is 1. The number of esters is 1. The fraction of sp³-hybridized carbons (Fsp3) is 0.261. The maximum Gasteiger partial charge on any atom is 0.338 e. The van der Waals surface area contributed by atoms with Crippen molar-refractivity contribution >= 4 is 40.4 Å². The average molecular weight is 484 g/mol. The minimum atomic E-state index is -0.625. The van der Waals surface area contributed by atoms with E-state index in [-0.39, 0.29) is 23.8 Å². The summed E-state index contributed by atoms with van der Waals surface area (Å²) >= 11 is 2.67. The number of thiophene rings is 1. The molecule has 0 unspecified atom stereocenters. The van der Waals surface area contributed by atoms with Crippen LogP contribution in [0, 0.1) is 16.0 Å². The molecule has 1 aromatic carbocycles. The summed E-state index contributed by atoms with van der Waals surface area (Å²) in [6.07, 6.45) is 1.68. The third-order valence-corrected chi connectivity index (χ3v) is 6.91. The van der Waals surface area contributed by atoms with Crippen LogP contribution in [-0.4, -0.2) is 22.1 Å². The van der Waals surface area contributed by atoms with E-state index >= 15 is 0 Å². The minimum Gasteiger partial charge on any atom is -0.462 e. The normalized spacial score (nSPS) is 16.0. The molecule has 0 radical (unpaired) electrons. The van der Waals surface area contributed by atoms with E-state index < -0.39 is 16.9 Å². The van der Waals surface area contributed by atoms with Crippen molar-refractivity contribution in [1.29, 1.82) is 0 Å².